The van der Waals surface area contributed by atoms with Crippen LogP contribution in [-0.4, -0.2) is 30.4 Å². The molecule has 2 N–H and O–H groups in total. The molecule has 5 heteroatoms. The van der Waals surface area contributed by atoms with Crippen LogP contribution in [0.4, 0.5) is 4.39 Å². The van der Waals surface area contributed by atoms with Crippen LogP contribution in [0.3, 0.4) is 0 Å². The van der Waals surface area contributed by atoms with Gasteiger partial charge in [-0.2, -0.15) is 0 Å². The van der Waals surface area contributed by atoms with Gasteiger partial charge in [-0.15, -0.1) is 0 Å². The van der Waals surface area contributed by atoms with Crippen LogP contribution in [0.5, 0.6) is 0 Å². The quantitative estimate of drug-likeness (QED) is 0.937. The first-order chi connectivity index (χ1) is 11.1. The zero-order valence-corrected chi connectivity index (χ0v) is 13.3. The van der Waals surface area contributed by atoms with E-state index in [4.69, 9.17) is 17.3 Å². The van der Waals surface area contributed by atoms with E-state index in [0.29, 0.717) is 24.7 Å². The molecule has 1 aliphatic rings. The van der Waals surface area contributed by atoms with E-state index in [9.17, 15) is 9.18 Å². The van der Waals surface area contributed by atoms with Gasteiger partial charge in [0.2, 0.25) is 0 Å². The van der Waals surface area contributed by atoms with Crippen LogP contribution in [0.2, 0.25) is 5.02 Å². The summed E-state index contributed by atoms with van der Waals surface area (Å²) in [6.07, 6.45) is 0. The van der Waals surface area contributed by atoms with E-state index in [1.54, 1.807) is 4.90 Å². The molecule has 0 aromatic heterocycles. The topological polar surface area (TPSA) is 46.3 Å². The van der Waals surface area contributed by atoms with Crippen LogP contribution in [0, 0.1) is 11.7 Å². The second-order valence-electron chi connectivity index (χ2n) is 5.85. The Kier molecular flexibility index (Phi) is 4.64. The molecule has 3 nitrogen and oxygen atoms in total. The van der Waals surface area contributed by atoms with Gasteiger partial charge in [0.05, 0.1) is 5.56 Å². The average molecular weight is 333 g/mol. The number of hydrogen-bond acceptors (Lipinski definition) is 2. The Morgan fingerprint density at radius 3 is 2.65 bits per heavy atom. The maximum absolute atomic E-state index is 13.9. The lowest BCUT2D eigenvalue weighted by atomic mass is 9.89. The molecular weight excluding hydrogens is 315 g/mol. The molecule has 0 unspecified atom stereocenters. The highest BCUT2D eigenvalue weighted by molar-refractivity contribution is 6.31. The molecule has 23 heavy (non-hydrogen) atoms. The lowest BCUT2D eigenvalue weighted by molar-refractivity contribution is 0.0782. The van der Waals surface area contributed by atoms with Gasteiger partial charge in [-0.05, 0) is 36.2 Å². The molecule has 2 atom stereocenters. The largest absolute Gasteiger partial charge is 0.338 e. The Balaban J connectivity index is 1.84. The fraction of sp³-hybridized carbons (Fsp3) is 0.278. The molecule has 1 amide bonds. The lowest BCUT2D eigenvalue weighted by Crippen LogP contribution is -2.30. The Morgan fingerprint density at radius 1 is 1.22 bits per heavy atom. The van der Waals surface area contributed by atoms with Crippen LogP contribution in [0.15, 0.2) is 48.5 Å². The van der Waals surface area contributed by atoms with Crippen LogP contribution in [-0.2, 0) is 0 Å². The van der Waals surface area contributed by atoms with E-state index in [2.05, 4.69) is 0 Å². The van der Waals surface area contributed by atoms with E-state index in [1.165, 1.54) is 18.2 Å². The van der Waals surface area contributed by atoms with E-state index in [1.807, 2.05) is 30.3 Å². The first-order valence-corrected chi connectivity index (χ1v) is 7.97. The van der Waals surface area contributed by atoms with Crippen molar-refractivity contribution in [2.75, 3.05) is 19.6 Å². The minimum atomic E-state index is -0.549. The maximum atomic E-state index is 13.9. The highest BCUT2D eigenvalue weighted by Gasteiger charge is 2.36. The Labute approximate surface area is 139 Å². The first-order valence-electron chi connectivity index (χ1n) is 7.59. The van der Waals surface area contributed by atoms with Crippen molar-refractivity contribution in [3.8, 4) is 0 Å². The summed E-state index contributed by atoms with van der Waals surface area (Å²) >= 11 is 5.89. The molecule has 0 aliphatic carbocycles. The number of likely N-dealkylation sites (tertiary alicyclic amines) is 1. The first kappa shape index (κ1) is 16.0. The minimum absolute atomic E-state index is 0.0157. The van der Waals surface area contributed by atoms with E-state index >= 15 is 0 Å². The molecule has 120 valence electrons. The van der Waals surface area contributed by atoms with Crippen molar-refractivity contribution in [3.63, 3.8) is 0 Å². The van der Waals surface area contributed by atoms with Crippen molar-refractivity contribution < 1.29 is 9.18 Å². The number of nitrogens with zero attached hydrogens (tertiary/aromatic N) is 1. The van der Waals surface area contributed by atoms with Gasteiger partial charge in [0.25, 0.3) is 5.91 Å². The number of carbonyl (C=O) groups excluding carboxylic acids is 1. The summed E-state index contributed by atoms with van der Waals surface area (Å²) in [5, 5.41) is 0.351. The summed E-state index contributed by atoms with van der Waals surface area (Å²) in [7, 11) is 0. The highest BCUT2D eigenvalue weighted by Crippen LogP contribution is 2.33. The van der Waals surface area contributed by atoms with Crippen molar-refractivity contribution >= 4 is 17.5 Å². The summed E-state index contributed by atoms with van der Waals surface area (Å²) in [6, 6.07) is 14.0. The van der Waals surface area contributed by atoms with Crippen molar-refractivity contribution in [2.24, 2.45) is 11.7 Å². The number of nitrogens with two attached hydrogens (primary N) is 1. The van der Waals surface area contributed by atoms with Gasteiger partial charge in [-0.1, -0.05) is 41.9 Å². The van der Waals surface area contributed by atoms with Crippen molar-refractivity contribution in [3.05, 3.63) is 70.5 Å². The molecule has 1 saturated heterocycles. The number of hydrogen-bond donors (Lipinski definition) is 1. The number of rotatable bonds is 3. The van der Waals surface area contributed by atoms with Crippen molar-refractivity contribution in [1.29, 1.82) is 0 Å². The molecule has 0 spiro atoms. The monoisotopic (exact) mass is 332 g/mol. The standard InChI is InChI=1S/C18H18ClFN2O/c19-14-6-7-17(20)15(8-14)18(23)22-10-13(9-21)16(11-22)12-4-2-1-3-5-12/h1-8,13,16H,9-11,21H2/t13-,16+/m1/s1. The number of halogens is 2. The summed E-state index contributed by atoms with van der Waals surface area (Å²) in [4.78, 5) is 14.3. The fourth-order valence-electron chi connectivity index (χ4n) is 3.19. The molecule has 3 rings (SSSR count). The summed E-state index contributed by atoms with van der Waals surface area (Å²) in [5.41, 5.74) is 7.06. The number of carbonyl (C=O) groups is 1. The second kappa shape index (κ2) is 6.69. The van der Waals surface area contributed by atoms with Gasteiger partial charge < -0.3 is 10.6 Å². The smallest absolute Gasteiger partial charge is 0.256 e. The summed E-state index contributed by atoms with van der Waals surface area (Å²) in [6.45, 7) is 1.55. The molecule has 0 saturated carbocycles. The normalized spacial score (nSPS) is 20.7. The maximum Gasteiger partial charge on any atom is 0.256 e. The molecule has 1 heterocycles. The Morgan fingerprint density at radius 2 is 1.96 bits per heavy atom. The molecule has 0 bridgehead atoms. The van der Waals surface area contributed by atoms with Gasteiger partial charge in [-0.25, -0.2) is 4.39 Å². The zero-order chi connectivity index (χ0) is 16.4. The van der Waals surface area contributed by atoms with Crippen LogP contribution >= 0.6 is 11.6 Å². The summed E-state index contributed by atoms with van der Waals surface area (Å²) < 4.78 is 13.9. The van der Waals surface area contributed by atoms with Crippen molar-refractivity contribution in [1.82, 2.24) is 4.90 Å². The van der Waals surface area contributed by atoms with Crippen molar-refractivity contribution in [2.45, 2.75) is 5.92 Å². The Bertz CT molecular complexity index is 707. The molecule has 2 aromatic carbocycles. The van der Waals surface area contributed by atoms with E-state index in [-0.39, 0.29) is 23.3 Å². The van der Waals surface area contributed by atoms with E-state index < -0.39 is 5.82 Å². The van der Waals surface area contributed by atoms with Gasteiger partial charge in [0, 0.05) is 24.0 Å². The van der Waals surface area contributed by atoms with Crippen LogP contribution < -0.4 is 5.73 Å². The molecule has 2 aromatic rings. The molecule has 1 aliphatic heterocycles. The third-order valence-electron chi connectivity index (χ3n) is 4.42. The van der Waals surface area contributed by atoms with E-state index in [0.717, 1.165) is 5.56 Å². The number of amides is 1. The predicted octanol–water partition coefficient (Wildman–Crippen LogP) is 3.29. The average Bonchev–Trinajstić information content (AvgIpc) is 3.01. The van der Waals surface area contributed by atoms with Crippen LogP contribution in [0.1, 0.15) is 21.8 Å². The highest BCUT2D eigenvalue weighted by atomic mass is 35.5. The summed E-state index contributed by atoms with van der Waals surface area (Å²) in [5.74, 6) is -0.537. The zero-order valence-electron chi connectivity index (χ0n) is 12.6. The second-order valence-corrected chi connectivity index (χ2v) is 6.28. The minimum Gasteiger partial charge on any atom is -0.338 e. The number of benzene rings is 2. The van der Waals surface area contributed by atoms with Gasteiger partial charge in [0.1, 0.15) is 5.82 Å². The third-order valence-corrected chi connectivity index (χ3v) is 4.65. The van der Waals surface area contributed by atoms with Gasteiger partial charge in [0.15, 0.2) is 0 Å². The third kappa shape index (κ3) is 3.23. The molecule has 1 fully saturated rings. The fourth-order valence-corrected chi connectivity index (χ4v) is 3.36. The molecular formula is C18H18ClFN2O. The van der Waals surface area contributed by atoms with Crippen LogP contribution in [0.25, 0.3) is 0 Å². The molecule has 0 radical (unpaired) electrons. The predicted molar refractivity (Wildman–Crippen MR) is 89.0 cm³/mol. The lowest BCUT2D eigenvalue weighted by Gasteiger charge is -2.17. The van der Waals surface area contributed by atoms with Gasteiger partial charge in [-0.3, -0.25) is 4.79 Å². The van der Waals surface area contributed by atoms with Gasteiger partial charge >= 0.3 is 0 Å². The SMILES string of the molecule is NC[C@@H]1CN(C(=O)c2cc(Cl)ccc2F)C[C@H]1c1ccccc1. The Hall–Kier alpha value is -1.91.